The SMILES string of the molecule is CC(C)(C)c1noc(CN2C(=O)NC(C)(c3ccc(F)c(F)c3)C2=O)n1. The molecule has 1 saturated heterocycles. The Morgan fingerprint density at radius 2 is 1.92 bits per heavy atom. The van der Waals surface area contributed by atoms with Crippen LogP contribution in [0.2, 0.25) is 0 Å². The predicted molar refractivity (Wildman–Crippen MR) is 85.8 cm³/mol. The van der Waals surface area contributed by atoms with Crippen molar-refractivity contribution in [3.05, 3.63) is 47.1 Å². The third kappa shape index (κ3) is 2.93. The lowest BCUT2D eigenvalue weighted by atomic mass is 9.92. The van der Waals surface area contributed by atoms with Crippen molar-refractivity contribution in [2.24, 2.45) is 0 Å². The van der Waals surface area contributed by atoms with Crippen LogP contribution in [0.3, 0.4) is 0 Å². The van der Waals surface area contributed by atoms with Crippen molar-refractivity contribution in [3.8, 4) is 0 Å². The molecule has 1 fully saturated rings. The van der Waals surface area contributed by atoms with Gasteiger partial charge in [-0.1, -0.05) is 32.0 Å². The summed E-state index contributed by atoms with van der Waals surface area (Å²) in [4.78, 5) is 30.2. The summed E-state index contributed by atoms with van der Waals surface area (Å²) >= 11 is 0. The molecule has 0 spiro atoms. The third-order valence-corrected chi connectivity index (χ3v) is 4.20. The van der Waals surface area contributed by atoms with E-state index in [4.69, 9.17) is 4.52 Å². The number of hydrogen-bond acceptors (Lipinski definition) is 5. The molecule has 9 heteroatoms. The lowest BCUT2D eigenvalue weighted by molar-refractivity contribution is -0.131. The van der Waals surface area contributed by atoms with Crippen LogP contribution >= 0.6 is 0 Å². The average molecular weight is 364 g/mol. The van der Waals surface area contributed by atoms with Crippen LogP contribution in [-0.4, -0.2) is 27.0 Å². The first-order valence-electron chi connectivity index (χ1n) is 7.95. The van der Waals surface area contributed by atoms with Gasteiger partial charge in [0.15, 0.2) is 17.5 Å². The Hall–Kier alpha value is -2.84. The Balaban J connectivity index is 1.86. The van der Waals surface area contributed by atoms with Gasteiger partial charge in [0.2, 0.25) is 5.89 Å². The second-order valence-electron chi connectivity index (χ2n) is 7.34. The van der Waals surface area contributed by atoms with E-state index >= 15 is 0 Å². The summed E-state index contributed by atoms with van der Waals surface area (Å²) < 4.78 is 31.8. The molecule has 3 amide bonds. The maximum Gasteiger partial charge on any atom is 0.325 e. The monoisotopic (exact) mass is 364 g/mol. The highest BCUT2D eigenvalue weighted by molar-refractivity contribution is 6.07. The van der Waals surface area contributed by atoms with Crippen LogP contribution in [0.1, 0.15) is 45.0 Å². The van der Waals surface area contributed by atoms with E-state index in [9.17, 15) is 18.4 Å². The van der Waals surface area contributed by atoms with E-state index in [1.165, 1.54) is 13.0 Å². The zero-order valence-corrected chi connectivity index (χ0v) is 14.8. The number of rotatable bonds is 3. The fourth-order valence-corrected chi connectivity index (χ4v) is 2.60. The van der Waals surface area contributed by atoms with E-state index in [1.807, 2.05) is 20.8 Å². The number of benzene rings is 1. The molecule has 0 saturated carbocycles. The first kappa shape index (κ1) is 18.0. The molecule has 1 aromatic heterocycles. The molecule has 26 heavy (non-hydrogen) atoms. The normalized spacial score (nSPS) is 20.6. The second kappa shape index (κ2) is 5.86. The number of carbonyl (C=O) groups is 2. The number of carbonyl (C=O) groups excluding carboxylic acids is 2. The minimum atomic E-state index is -1.52. The molecule has 1 unspecified atom stereocenters. The van der Waals surface area contributed by atoms with Gasteiger partial charge >= 0.3 is 6.03 Å². The van der Waals surface area contributed by atoms with Crippen molar-refractivity contribution in [1.29, 1.82) is 0 Å². The molecule has 1 aliphatic rings. The van der Waals surface area contributed by atoms with Gasteiger partial charge in [0, 0.05) is 5.41 Å². The number of imide groups is 1. The van der Waals surface area contributed by atoms with Crippen LogP contribution in [-0.2, 0) is 22.3 Å². The molecule has 1 aromatic carbocycles. The minimum absolute atomic E-state index is 0.105. The quantitative estimate of drug-likeness (QED) is 0.846. The molecular weight excluding hydrogens is 346 g/mol. The lowest BCUT2D eigenvalue weighted by Gasteiger charge is -2.22. The summed E-state index contributed by atoms with van der Waals surface area (Å²) in [6, 6.07) is 2.37. The van der Waals surface area contributed by atoms with Crippen LogP contribution in [0, 0.1) is 11.6 Å². The minimum Gasteiger partial charge on any atom is -0.337 e. The topological polar surface area (TPSA) is 88.3 Å². The number of nitrogens with one attached hydrogen (secondary N) is 1. The molecule has 1 aliphatic heterocycles. The maximum atomic E-state index is 13.5. The van der Waals surface area contributed by atoms with E-state index < -0.39 is 29.1 Å². The molecule has 0 radical (unpaired) electrons. The van der Waals surface area contributed by atoms with Crippen LogP contribution in [0.4, 0.5) is 13.6 Å². The van der Waals surface area contributed by atoms with Gasteiger partial charge in [-0.25, -0.2) is 13.6 Å². The summed E-state index contributed by atoms with van der Waals surface area (Å²) in [5.74, 6) is -2.21. The fraction of sp³-hybridized carbons (Fsp3) is 0.412. The van der Waals surface area contributed by atoms with Gasteiger partial charge < -0.3 is 9.84 Å². The van der Waals surface area contributed by atoms with Crippen molar-refractivity contribution in [3.63, 3.8) is 0 Å². The summed E-state index contributed by atoms with van der Waals surface area (Å²) in [6.07, 6.45) is 0. The maximum absolute atomic E-state index is 13.5. The first-order valence-corrected chi connectivity index (χ1v) is 7.95. The summed E-state index contributed by atoms with van der Waals surface area (Å²) in [6.45, 7) is 6.90. The van der Waals surface area contributed by atoms with E-state index in [-0.39, 0.29) is 23.4 Å². The fourth-order valence-electron chi connectivity index (χ4n) is 2.60. The summed E-state index contributed by atoms with van der Waals surface area (Å²) in [5.41, 5.74) is -1.73. The largest absolute Gasteiger partial charge is 0.337 e. The number of nitrogens with zero attached hydrogens (tertiary/aromatic N) is 3. The van der Waals surface area contributed by atoms with Crippen LogP contribution in [0.15, 0.2) is 22.7 Å². The van der Waals surface area contributed by atoms with Crippen molar-refractivity contribution in [2.75, 3.05) is 0 Å². The van der Waals surface area contributed by atoms with Gasteiger partial charge in [0.05, 0.1) is 0 Å². The van der Waals surface area contributed by atoms with Crippen LogP contribution in [0.5, 0.6) is 0 Å². The molecule has 2 aromatic rings. The highest BCUT2D eigenvalue weighted by Gasteiger charge is 2.49. The molecule has 1 N–H and O–H groups in total. The molecule has 138 valence electrons. The number of hydrogen-bond donors (Lipinski definition) is 1. The van der Waals surface area contributed by atoms with Gasteiger partial charge in [0.25, 0.3) is 5.91 Å². The van der Waals surface area contributed by atoms with Gasteiger partial charge in [-0.3, -0.25) is 9.69 Å². The molecule has 3 rings (SSSR count). The standard InChI is InChI=1S/C17H18F2N4O3/c1-16(2,3)13-20-12(26-22-13)8-23-14(24)17(4,21-15(23)25)9-5-6-10(18)11(19)7-9/h5-7H,8H2,1-4H3,(H,21,25). The second-order valence-corrected chi connectivity index (χ2v) is 7.34. The molecule has 0 bridgehead atoms. The van der Waals surface area contributed by atoms with Crippen LogP contribution < -0.4 is 5.32 Å². The van der Waals surface area contributed by atoms with E-state index in [1.54, 1.807) is 0 Å². The Morgan fingerprint density at radius 3 is 2.50 bits per heavy atom. The zero-order chi connectivity index (χ0) is 19.3. The Labute approximate surface area is 148 Å². The first-order chi connectivity index (χ1) is 12.0. The molecule has 0 aliphatic carbocycles. The van der Waals surface area contributed by atoms with E-state index in [0.717, 1.165) is 17.0 Å². The van der Waals surface area contributed by atoms with Crippen molar-refractivity contribution in [1.82, 2.24) is 20.4 Å². The van der Waals surface area contributed by atoms with Crippen molar-refractivity contribution >= 4 is 11.9 Å². The highest BCUT2D eigenvalue weighted by Crippen LogP contribution is 2.30. The van der Waals surface area contributed by atoms with Crippen LogP contribution in [0.25, 0.3) is 0 Å². The van der Waals surface area contributed by atoms with Crippen molar-refractivity contribution in [2.45, 2.75) is 45.2 Å². The lowest BCUT2D eigenvalue weighted by Crippen LogP contribution is -2.41. The van der Waals surface area contributed by atoms with Gasteiger partial charge in [-0.05, 0) is 24.6 Å². The van der Waals surface area contributed by atoms with Gasteiger partial charge in [-0.15, -0.1) is 0 Å². The number of aromatic nitrogens is 2. The summed E-state index contributed by atoms with van der Waals surface area (Å²) in [7, 11) is 0. The highest BCUT2D eigenvalue weighted by atomic mass is 19.2. The van der Waals surface area contributed by atoms with E-state index in [2.05, 4.69) is 15.5 Å². The molecule has 7 nitrogen and oxygen atoms in total. The molecule has 2 heterocycles. The Morgan fingerprint density at radius 1 is 1.23 bits per heavy atom. The molecule has 1 atom stereocenters. The zero-order valence-electron chi connectivity index (χ0n) is 14.8. The Bertz CT molecular complexity index is 890. The number of amides is 3. The van der Waals surface area contributed by atoms with E-state index in [0.29, 0.717) is 5.82 Å². The predicted octanol–water partition coefficient (Wildman–Crippen LogP) is 2.61. The average Bonchev–Trinajstić information content (AvgIpc) is 3.10. The summed E-state index contributed by atoms with van der Waals surface area (Å²) in [5, 5.41) is 6.36. The number of halogens is 2. The smallest absolute Gasteiger partial charge is 0.325 e. The van der Waals surface area contributed by atoms with Crippen molar-refractivity contribution < 1.29 is 22.9 Å². The van der Waals surface area contributed by atoms with Gasteiger partial charge in [-0.2, -0.15) is 4.98 Å². The van der Waals surface area contributed by atoms with Gasteiger partial charge in [0.1, 0.15) is 12.1 Å². The Kier molecular flexibility index (Phi) is 4.05. The third-order valence-electron chi connectivity index (χ3n) is 4.20. The number of urea groups is 1. The molecular formula is C17H18F2N4O3.